The average molecular weight is 236 g/mol. The zero-order valence-corrected chi connectivity index (χ0v) is 10.6. The van der Waals surface area contributed by atoms with E-state index in [1.165, 1.54) is 5.56 Å². The Morgan fingerprint density at radius 3 is 2.76 bits per heavy atom. The first kappa shape index (κ1) is 12.1. The molecule has 1 aromatic heterocycles. The molecule has 0 aliphatic carbocycles. The lowest BCUT2D eigenvalue weighted by Gasteiger charge is -2.29. The van der Waals surface area contributed by atoms with Crippen LogP contribution in [0, 0.1) is 0 Å². The van der Waals surface area contributed by atoms with E-state index in [1.54, 1.807) is 6.33 Å². The van der Waals surface area contributed by atoms with E-state index in [2.05, 4.69) is 27.1 Å². The molecule has 5 nitrogen and oxygen atoms in total. The van der Waals surface area contributed by atoms with E-state index in [-0.39, 0.29) is 0 Å². The lowest BCUT2D eigenvalue weighted by molar-refractivity contribution is 0.122. The molecule has 1 saturated heterocycles. The van der Waals surface area contributed by atoms with Crippen molar-refractivity contribution >= 4 is 11.6 Å². The molecule has 1 fully saturated rings. The zero-order chi connectivity index (χ0) is 12.1. The molecule has 0 radical (unpaired) electrons. The van der Waals surface area contributed by atoms with Crippen molar-refractivity contribution in [1.29, 1.82) is 0 Å². The maximum absolute atomic E-state index is 5.38. The Morgan fingerprint density at radius 2 is 2.12 bits per heavy atom. The summed E-state index contributed by atoms with van der Waals surface area (Å²) in [5, 5.41) is 3.15. The summed E-state index contributed by atoms with van der Waals surface area (Å²) < 4.78 is 5.38. The second-order valence-electron chi connectivity index (χ2n) is 4.12. The molecule has 1 aliphatic rings. The van der Waals surface area contributed by atoms with Crippen molar-refractivity contribution in [3.63, 3.8) is 0 Å². The topological polar surface area (TPSA) is 50.3 Å². The summed E-state index contributed by atoms with van der Waals surface area (Å²) in [4.78, 5) is 11.0. The molecule has 1 aliphatic heterocycles. The highest BCUT2D eigenvalue weighted by atomic mass is 16.5. The van der Waals surface area contributed by atoms with Gasteiger partial charge in [-0.25, -0.2) is 9.97 Å². The molecule has 0 aromatic carbocycles. The fourth-order valence-electron chi connectivity index (χ4n) is 2.15. The maximum Gasteiger partial charge on any atom is 0.137 e. The first-order valence-corrected chi connectivity index (χ1v) is 6.21. The predicted octanol–water partition coefficient (Wildman–Crippen LogP) is 1.31. The third-order valence-electron chi connectivity index (χ3n) is 2.97. The lowest BCUT2D eigenvalue weighted by Crippen LogP contribution is -2.37. The van der Waals surface area contributed by atoms with E-state index >= 15 is 0 Å². The van der Waals surface area contributed by atoms with E-state index in [9.17, 15) is 0 Å². The van der Waals surface area contributed by atoms with Gasteiger partial charge in [-0.15, -0.1) is 0 Å². The van der Waals surface area contributed by atoms with Crippen molar-refractivity contribution in [3.8, 4) is 0 Å². The molecule has 1 aromatic rings. The largest absolute Gasteiger partial charge is 0.378 e. The number of nitrogens with one attached hydrogen (secondary N) is 1. The van der Waals surface area contributed by atoms with Crippen LogP contribution in [-0.2, 0) is 11.2 Å². The quantitative estimate of drug-likeness (QED) is 0.854. The zero-order valence-electron chi connectivity index (χ0n) is 10.6. The third-order valence-corrected chi connectivity index (χ3v) is 2.97. The van der Waals surface area contributed by atoms with Crippen LogP contribution in [0.5, 0.6) is 0 Å². The lowest BCUT2D eigenvalue weighted by atomic mass is 10.1. The number of aromatic nitrogens is 2. The van der Waals surface area contributed by atoms with Crippen molar-refractivity contribution in [3.05, 3.63) is 11.9 Å². The van der Waals surface area contributed by atoms with Gasteiger partial charge in [0.25, 0.3) is 0 Å². The van der Waals surface area contributed by atoms with Crippen molar-refractivity contribution in [2.75, 3.05) is 43.6 Å². The van der Waals surface area contributed by atoms with E-state index < -0.39 is 0 Å². The number of rotatable bonds is 4. The van der Waals surface area contributed by atoms with Gasteiger partial charge in [0.2, 0.25) is 0 Å². The summed E-state index contributed by atoms with van der Waals surface area (Å²) in [6.07, 6.45) is 3.74. The molecule has 0 saturated carbocycles. The van der Waals surface area contributed by atoms with Crippen LogP contribution < -0.4 is 10.2 Å². The van der Waals surface area contributed by atoms with Crippen LogP contribution in [0.2, 0.25) is 0 Å². The van der Waals surface area contributed by atoms with Gasteiger partial charge in [0, 0.05) is 25.7 Å². The van der Waals surface area contributed by atoms with Gasteiger partial charge in [0.15, 0.2) is 0 Å². The standard InChI is InChI=1S/C12H20N4O/c1-3-4-10-11(13-2)14-9-15-12(10)16-5-7-17-8-6-16/h9H,3-8H2,1-2H3,(H,13,14,15). The second-order valence-corrected chi connectivity index (χ2v) is 4.12. The number of anilines is 2. The molecular weight excluding hydrogens is 216 g/mol. The highest BCUT2D eigenvalue weighted by Crippen LogP contribution is 2.25. The van der Waals surface area contributed by atoms with E-state index in [0.29, 0.717) is 0 Å². The molecule has 0 spiro atoms. The van der Waals surface area contributed by atoms with Crippen LogP contribution >= 0.6 is 0 Å². The third kappa shape index (κ3) is 2.66. The molecule has 0 amide bonds. The van der Waals surface area contributed by atoms with Crippen LogP contribution in [0.15, 0.2) is 6.33 Å². The van der Waals surface area contributed by atoms with Gasteiger partial charge in [-0.2, -0.15) is 0 Å². The van der Waals surface area contributed by atoms with Crippen molar-refractivity contribution in [2.45, 2.75) is 19.8 Å². The molecule has 2 heterocycles. The first-order valence-electron chi connectivity index (χ1n) is 6.21. The van der Waals surface area contributed by atoms with E-state index in [1.807, 2.05) is 7.05 Å². The van der Waals surface area contributed by atoms with E-state index in [0.717, 1.165) is 50.8 Å². The van der Waals surface area contributed by atoms with Crippen molar-refractivity contribution in [2.24, 2.45) is 0 Å². The number of ether oxygens (including phenoxy) is 1. The van der Waals surface area contributed by atoms with Crippen LogP contribution in [-0.4, -0.2) is 43.3 Å². The SMILES string of the molecule is CCCc1c(NC)ncnc1N1CCOCC1. The Labute approximate surface area is 102 Å². The predicted molar refractivity (Wildman–Crippen MR) is 68.6 cm³/mol. The molecule has 0 atom stereocenters. The summed E-state index contributed by atoms with van der Waals surface area (Å²) >= 11 is 0. The van der Waals surface area contributed by atoms with Crippen LogP contribution in [0.3, 0.4) is 0 Å². The Kier molecular flexibility index (Phi) is 4.14. The van der Waals surface area contributed by atoms with Gasteiger partial charge in [-0.05, 0) is 6.42 Å². The van der Waals surface area contributed by atoms with E-state index in [4.69, 9.17) is 4.74 Å². The molecule has 94 valence electrons. The summed E-state index contributed by atoms with van der Waals surface area (Å²) in [5.41, 5.74) is 1.22. The van der Waals surface area contributed by atoms with Crippen LogP contribution in [0.25, 0.3) is 0 Å². The Morgan fingerprint density at radius 1 is 1.35 bits per heavy atom. The highest BCUT2D eigenvalue weighted by molar-refractivity contribution is 5.58. The van der Waals surface area contributed by atoms with Gasteiger partial charge in [0.1, 0.15) is 18.0 Å². The van der Waals surface area contributed by atoms with Gasteiger partial charge in [-0.1, -0.05) is 13.3 Å². The molecular formula is C12H20N4O. The molecule has 2 rings (SSSR count). The Bertz CT molecular complexity index is 364. The Balaban J connectivity index is 2.30. The molecule has 1 N–H and O–H groups in total. The van der Waals surface area contributed by atoms with Crippen molar-refractivity contribution < 1.29 is 4.74 Å². The smallest absolute Gasteiger partial charge is 0.137 e. The minimum atomic E-state index is 0.782. The minimum Gasteiger partial charge on any atom is -0.378 e. The van der Waals surface area contributed by atoms with Crippen molar-refractivity contribution in [1.82, 2.24) is 9.97 Å². The Hall–Kier alpha value is -1.36. The van der Waals surface area contributed by atoms with Gasteiger partial charge < -0.3 is 15.0 Å². The first-order chi connectivity index (χ1) is 8.36. The number of hydrogen-bond donors (Lipinski definition) is 1. The van der Waals surface area contributed by atoms with Gasteiger partial charge >= 0.3 is 0 Å². The highest BCUT2D eigenvalue weighted by Gasteiger charge is 2.18. The van der Waals surface area contributed by atoms with Crippen LogP contribution in [0.4, 0.5) is 11.6 Å². The minimum absolute atomic E-state index is 0.782. The average Bonchev–Trinajstić information content (AvgIpc) is 2.40. The summed E-state index contributed by atoms with van der Waals surface area (Å²) in [6, 6.07) is 0. The number of morpholine rings is 1. The number of hydrogen-bond acceptors (Lipinski definition) is 5. The second kappa shape index (κ2) is 5.82. The van der Waals surface area contributed by atoms with Crippen LogP contribution in [0.1, 0.15) is 18.9 Å². The van der Waals surface area contributed by atoms with Gasteiger partial charge in [0.05, 0.1) is 13.2 Å². The monoisotopic (exact) mass is 236 g/mol. The molecule has 5 heteroatoms. The van der Waals surface area contributed by atoms with Gasteiger partial charge in [-0.3, -0.25) is 0 Å². The number of nitrogens with zero attached hydrogens (tertiary/aromatic N) is 3. The molecule has 17 heavy (non-hydrogen) atoms. The fourth-order valence-corrected chi connectivity index (χ4v) is 2.15. The molecule has 0 unspecified atom stereocenters. The molecule has 0 bridgehead atoms. The summed E-state index contributed by atoms with van der Waals surface area (Å²) in [7, 11) is 1.91. The fraction of sp³-hybridized carbons (Fsp3) is 0.667. The normalized spacial score (nSPS) is 16.0. The summed E-state index contributed by atoms with van der Waals surface area (Å²) in [5.74, 6) is 2.01. The maximum atomic E-state index is 5.38. The summed E-state index contributed by atoms with van der Waals surface area (Å²) in [6.45, 7) is 5.57.